The van der Waals surface area contributed by atoms with Gasteiger partial charge in [-0.2, -0.15) is 0 Å². The smallest absolute Gasteiger partial charge is 0.0885 e. The van der Waals surface area contributed by atoms with Gasteiger partial charge in [-0.15, -0.1) is 0 Å². The SMILES string of the molecule is CCOC(C(O)Cc1ccc(CC)cc1)C(C)(C)C. The van der Waals surface area contributed by atoms with E-state index in [1.807, 2.05) is 6.92 Å². The Kier molecular flexibility index (Phi) is 6.02. The number of benzene rings is 1. The van der Waals surface area contributed by atoms with E-state index in [4.69, 9.17) is 4.74 Å². The Balaban J connectivity index is 2.72. The lowest BCUT2D eigenvalue weighted by Crippen LogP contribution is -2.41. The summed E-state index contributed by atoms with van der Waals surface area (Å²) in [6.07, 6.45) is 1.09. The zero-order valence-corrected chi connectivity index (χ0v) is 12.9. The molecule has 0 heterocycles. The molecule has 0 amide bonds. The van der Waals surface area contributed by atoms with Crippen LogP contribution >= 0.6 is 0 Å². The van der Waals surface area contributed by atoms with Crippen molar-refractivity contribution in [1.29, 1.82) is 0 Å². The van der Waals surface area contributed by atoms with E-state index in [-0.39, 0.29) is 11.5 Å². The molecule has 2 unspecified atom stereocenters. The molecule has 0 saturated carbocycles. The molecular formula is C17H28O2. The van der Waals surface area contributed by atoms with E-state index >= 15 is 0 Å². The van der Waals surface area contributed by atoms with Crippen LogP contribution in [0.25, 0.3) is 0 Å². The van der Waals surface area contributed by atoms with Crippen LogP contribution in [0.3, 0.4) is 0 Å². The van der Waals surface area contributed by atoms with E-state index in [1.165, 1.54) is 11.1 Å². The normalized spacial score (nSPS) is 15.3. The van der Waals surface area contributed by atoms with E-state index in [2.05, 4.69) is 52.0 Å². The molecular weight excluding hydrogens is 236 g/mol. The summed E-state index contributed by atoms with van der Waals surface area (Å²) in [7, 11) is 0. The molecule has 0 aliphatic rings. The quantitative estimate of drug-likeness (QED) is 0.850. The predicted molar refractivity (Wildman–Crippen MR) is 80.4 cm³/mol. The maximum Gasteiger partial charge on any atom is 0.0885 e. The van der Waals surface area contributed by atoms with Crippen molar-refractivity contribution in [1.82, 2.24) is 0 Å². The second-order valence-electron chi connectivity index (χ2n) is 6.18. The van der Waals surface area contributed by atoms with E-state index < -0.39 is 6.10 Å². The minimum absolute atomic E-state index is 0.0568. The van der Waals surface area contributed by atoms with Crippen molar-refractivity contribution in [3.8, 4) is 0 Å². The molecule has 0 aromatic heterocycles. The molecule has 0 fully saturated rings. The van der Waals surface area contributed by atoms with Gasteiger partial charge in [0, 0.05) is 13.0 Å². The van der Waals surface area contributed by atoms with Gasteiger partial charge in [0.1, 0.15) is 0 Å². The third kappa shape index (κ3) is 4.96. The first-order chi connectivity index (χ1) is 8.88. The molecule has 0 aliphatic heterocycles. The lowest BCUT2D eigenvalue weighted by atomic mass is 9.83. The number of ether oxygens (including phenoxy) is 1. The number of aryl methyl sites for hydroxylation is 1. The molecule has 0 bridgehead atoms. The molecule has 2 atom stereocenters. The summed E-state index contributed by atoms with van der Waals surface area (Å²) in [5.41, 5.74) is 2.44. The number of aliphatic hydroxyl groups is 1. The van der Waals surface area contributed by atoms with Gasteiger partial charge in [0.25, 0.3) is 0 Å². The van der Waals surface area contributed by atoms with Crippen LogP contribution in [0.4, 0.5) is 0 Å². The molecule has 1 aromatic carbocycles. The first-order valence-electron chi connectivity index (χ1n) is 7.26. The van der Waals surface area contributed by atoms with Gasteiger partial charge in [-0.3, -0.25) is 0 Å². The minimum Gasteiger partial charge on any atom is -0.390 e. The zero-order chi connectivity index (χ0) is 14.5. The van der Waals surface area contributed by atoms with Crippen molar-refractivity contribution in [3.05, 3.63) is 35.4 Å². The molecule has 108 valence electrons. The Hall–Kier alpha value is -0.860. The molecule has 1 N–H and O–H groups in total. The number of aliphatic hydroxyl groups excluding tert-OH is 1. The molecule has 2 heteroatoms. The van der Waals surface area contributed by atoms with Crippen LogP contribution in [0.5, 0.6) is 0 Å². The fraction of sp³-hybridized carbons (Fsp3) is 0.647. The largest absolute Gasteiger partial charge is 0.390 e. The summed E-state index contributed by atoms with van der Waals surface area (Å²) >= 11 is 0. The molecule has 0 spiro atoms. The van der Waals surface area contributed by atoms with Crippen molar-refractivity contribution in [2.24, 2.45) is 5.41 Å². The van der Waals surface area contributed by atoms with Gasteiger partial charge in [-0.25, -0.2) is 0 Å². The highest BCUT2D eigenvalue weighted by Crippen LogP contribution is 2.26. The van der Waals surface area contributed by atoms with Gasteiger partial charge >= 0.3 is 0 Å². The Bertz CT molecular complexity index is 362. The van der Waals surface area contributed by atoms with Gasteiger partial charge < -0.3 is 9.84 Å². The Morgan fingerprint density at radius 2 is 1.58 bits per heavy atom. The van der Waals surface area contributed by atoms with Crippen LogP contribution < -0.4 is 0 Å². The fourth-order valence-corrected chi connectivity index (χ4v) is 2.38. The summed E-state index contributed by atoms with van der Waals surface area (Å²) in [6.45, 7) is 11.1. The summed E-state index contributed by atoms with van der Waals surface area (Å²) in [5.74, 6) is 0. The van der Waals surface area contributed by atoms with Gasteiger partial charge in [0.2, 0.25) is 0 Å². The minimum atomic E-state index is -0.465. The molecule has 2 nitrogen and oxygen atoms in total. The summed E-state index contributed by atoms with van der Waals surface area (Å²) in [5, 5.41) is 10.4. The zero-order valence-electron chi connectivity index (χ0n) is 12.9. The van der Waals surface area contributed by atoms with Crippen LogP contribution in [0.15, 0.2) is 24.3 Å². The van der Waals surface area contributed by atoms with Crippen molar-refractivity contribution >= 4 is 0 Å². The van der Waals surface area contributed by atoms with Gasteiger partial charge in [0.05, 0.1) is 12.2 Å². The van der Waals surface area contributed by atoms with Gasteiger partial charge in [-0.05, 0) is 29.9 Å². The topological polar surface area (TPSA) is 29.5 Å². The fourth-order valence-electron chi connectivity index (χ4n) is 2.38. The Morgan fingerprint density at radius 3 is 2.00 bits per heavy atom. The molecule has 1 aromatic rings. The second kappa shape index (κ2) is 7.06. The standard InChI is InChI=1S/C17H28O2/c1-6-13-8-10-14(11-9-13)12-15(18)16(19-7-2)17(3,4)5/h8-11,15-16,18H,6-7,12H2,1-5H3. The average Bonchev–Trinajstić information content (AvgIpc) is 2.35. The molecule has 0 saturated heterocycles. The maximum atomic E-state index is 10.4. The van der Waals surface area contributed by atoms with Crippen LogP contribution in [0, 0.1) is 5.41 Å². The van der Waals surface area contributed by atoms with Gasteiger partial charge in [0.15, 0.2) is 0 Å². The predicted octanol–water partition coefficient (Wildman–Crippen LogP) is 3.60. The second-order valence-corrected chi connectivity index (χ2v) is 6.18. The Labute approximate surface area is 117 Å². The van der Waals surface area contributed by atoms with Crippen molar-refractivity contribution in [3.63, 3.8) is 0 Å². The van der Waals surface area contributed by atoms with Crippen molar-refractivity contribution < 1.29 is 9.84 Å². The van der Waals surface area contributed by atoms with Crippen LogP contribution in [-0.4, -0.2) is 23.9 Å². The summed E-state index contributed by atoms with van der Waals surface area (Å²) in [4.78, 5) is 0. The number of hydrogen-bond donors (Lipinski definition) is 1. The lowest BCUT2D eigenvalue weighted by molar-refractivity contribution is -0.0873. The first-order valence-corrected chi connectivity index (χ1v) is 7.26. The van der Waals surface area contributed by atoms with Gasteiger partial charge in [-0.1, -0.05) is 52.0 Å². The number of rotatable bonds is 6. The third-order valence-corrected chi connectivity index (χ3v) is 3.43. The highest BCUT2D eigenvalue weighted by atomic mass is 16.5. The number of hydrogen-bond acceptors (Lipinski definition) is 2. The van der Waals surface area contributed by atoms with E-state index in [0.29, 0.717) is 13.0 Å². The van der Waals surface area contributed by atoms with Crippen molar-refractivity contribution in [2.75, 3.05) is 6.61 Å². The lowest BCUT2D eigenvalue weighted by Gasteiger charge is -2.34. The monoisotopic (exact) mass is 264 g/mol. The highest BCUT2D eigenvalue weighted by Gasteiger charge is 2.31. The first kappa shape index (κ1) is 16.2. The summed E-state index contributed by atoms with van der Waals surface area (Å²) < 4.78 is 5.74. The summed E-state index contributed by atoms with van der Waals surface area (Å²) in [6, 6.07) is 8.48. The molecule has 0 radical (unpaired) electrons. The average molecular weight is 264 g/mol. The van der Waals surface area contributed by atoms with E-state index in [9.17, 15) is 5.11 Å². The Morgan fingerprint density at radius 1 is 1.05 bits per heavy atom. The van der Waals surface area contributed by atoms with Crippen LogP contribution in [0.2, 0.25) is 0 Å². The molecule has 0 aliphatic carbocycles. The molecule has 19 heavy (non-hydrogen) atoms. The van der Waals surface area contributed by atoms with E-state index in [1.54, 1.807) is 0 Å². The van der Waals surface area contributed by atoms with E-state index in [0.717, 1.165) is 6.42 Å². The van der Waals surface area contributed by atoms with Crippen LogP contribution in [-0.2, 0) is 17.6 Å². The highest BCUT2D eigenvalue weighted by molar-refractivity contribution is 5.23. The maximum absolute atomic E-state index is 10.4. The third-order valence-electron chi connectivity index (χ3n) is 3.43. The van der Waals surface area contributed by atoms with Crippen LogP contribution in [0.1, 0.15) is 45.7 Å². The molecule has 1 rings (SSSR count). The van der Waals surface area contributed by atoms with Crippen molar-refractivity contribution in [2.45, 2.75) is 59.7 Å².